The van der Waals surface area contributed by atoms with E-state index in [0.717, 1.165) is 0 Å². The predicted molar refractivity (Wildman–Crippen MR) is 61.1 cm³/mol. The summed E-state index contributed by atoms with van der Waals surface area (Å²) in [5, 5.41) is 18.9. The minimum absolute atomic E-state index is 0.140. The second-order valence-corrected chi connectivity index (χ2v) is 3.72. The first-order valence-corrected chi connectivity index (χ1v) is 5.09. The monoisotopic (exact) mass is 238 g/mol. The number of fused-ring (bicyclic) bond motifs is 1. The molecule has 0 aliphatic heterocycles. The van der Waals surface area contributed by atoms with Gasteiger partial charge in [-0.3, -0.25) is 4.79 Å². The van der Waals surface area contributed by atoms with Crippen LogP contribution >= 0.6 is 11.6 Å². The third kappa shape index (κ3) is 1.42. The lowest BCUT2D eigenvalue weighted by molar-refractivity contribution is 0.405. The van der Waals surface area contributed by atoms with Crippen molar-refractivity contribution in [1.82, 2.24) is 4.57 Å². The van der Waals surface area contributed by atoms with Gasteiger partial charge in [0.05, 0.1) is 22.0 Å². The second-order valence-electron chi connectivity index (χ2n) is 3.34. The number of benzene rings is 1. The van der Waals surface area contributed by atoms with Gasteiger partial charge >= 0.3 is 0 Å². The summed E-state index contributed by atoms with van der Waals surface area (Å²) in [5.74, 6) is -0.821. The molecule has 4 nitrogen and oxygen atoms in total. The maximum Gasteiger partial charge on any atom is 0.199 e. The number of aryl methyl sites for hydroxylation is 1. The first-order valence-electron chi connectivity index (χ1n) is 4.71. The number of phenols is 2. The van der Waals surface area contributed by atoms with Crippen molar-refractivity contribution in [2.24, 2.45) is 0 Å². The highest BCUT2D eigenvalue weighted by atomic mass is 35.5. The number of hydrogen-bond donors (Lipinski definition) is 2. The van der Waals surface area contributed by atoms with Gasteiger partial charge in [0.15, 0.2) is 16.9 Å². The molecule has 83 valence electrons. The third-order valence-corrected chi connectivity index (χ3v) is 2.80. The van der Waals surface area contributed by atoms with Gasteiger partial charge in [0.25, 0.3) is 0 Å². The Balaban J connectivity index is 3.05. The van der Waals surface area contributed by atoms with Gasteiger partial charge in [-0.25, -0.2) is 0 Å². The minimum atomic E-state index is -0.478. The van der Waals surface area contributed by atoms with Crippen molar-refractivity contribution in [3.8, 4) is 11.5 Å². The number of phenolic OH excluding ortho intramolecular Hbond substituents is 2. The lowest BCUT2D eigenvalue weighted by Crippen LogP contribution is -2.08. The predicted octanol–water partition coefficient (Wildman–Crippen LogP) is 1.89. The summed E-state index contributed by atoms with van der Waals surface area (Å²) in [5.41, 5.74) is 0.0755. The van der Waals surface area contributed by atoms with Crippen LogP contribution in [0.4, 0.5) is 0 Å². The fourth-order valence-electron chi connectivity index (χ4n) is 1.60. The Morgan fingerprint density at radius 1 is 1.50 bits per heavy atom. The minimum Gasteiger partial charge on any atom is -0.504 e. The Labute approximate surface area is 96.3 Å². The highest BCUT2D eigenvalue weighted by Crippen LogP contribution is 2.37. The van der Waals surface area contributed by atoms with Crippen LogP contribution < -0.4 is 5.43 Å². The van der Waals surface area contributed by atoms with Crippen molar-refractivity contribution in [3.05, 3.63) is 33.6 Å². The second kappa shape index (κ2) is 3.72. The summed E-state index contributed by atoms with van der Waals surface area (Å²) >= 11 is 5.82. The van der Waals surface area contributed by atoms with Crippen LogP contribution in [-0.2, 0) is 6.54 Å². The molecule has 0 spiro atoms. The van der Waals surface area contributed by atoms with Crippen LogP contribution in [0, 0.1) is 6.07 Å². The number of aromatic hydroxyl groups is 2. The number of halogens is 1. The fraction of sp³-hybridized carbons (Fsp3) is 0.182. The standard InChI is InChI=1S/C11H9ClNO3/c1-2-13-4-3-7(14)9-6(13)5-8(15)11(16)10(9)12/h4-5,15-16H,2H2,1H3. The average molecular weight is 239 g/mol. The van der Waals surface area contributed by atoms with Crippen LogP contribution in [0.25, 0.3) is 10.9 Å². The molecule has 0 aliphatic carbocycles. The number of pyridine rings is 1. The van der Waals surface area contributed by atoms with Crippen molar-refractivity contribution in [2.75, 3.05) is 0 Å². The summed E-state index contributed by atoms with van der Waals surface area (Å²) in [6.07, 6.45) is 1.50. The first-order chi connectivity index (χ1) is 7.56. The van der Waals surface area contributed by atoms with Crippen LogP contribution in [0.1, 0.15) is 6.92 Å². The lowest BCUT2D eigenvalue weighted by Gasteiger charge is -2.10. The van der Waals surface area contributed by atoms with Crippen LogP contribution in [0.2, 0.25) is 5.02 Å². The molecule has 0 saturated carbocycles. The summed E-state index contributed by atoms with van der Waals surface area (Å²) in [4.78, 5) is 11.6. The zero-order valence-electron chi connectivity index (χ0n) is 8.49. The van der Waals surface area contributed by atoms with E-state index in [4.69, 9.17) is 11.6 Å². The van der Waals surface area contributed by atoms with Crippen LogP contribution in [-0.4, -0.2) is 14.8 Å². The lowest BCUT2D eigenvalue weighted by atomic mass is 10.2. The normalized spacial score (nSPS) is 10.9. The van der Waals surface area contributed by atoms with Gasteiger partial charge in [-0.15, -0.1) is 0 Å². The van der Waals surface area contributed by atoms with E-state index in [0.29, 0.717) is 12.1 Å². The largest absolute Gasteiger partial charge is 0.504 e. The molecule has 0 unspecified atom stereocenters. The molecule has 0 bridgehead atoms. The van der Waals surface area contributed by atoms with Crippen molar-refractivity contribution >= 4 is 22.5 Å². The van der Waals surface area contributed by atoms with Gasteiger partial charge in [0, 0.05) is 18.8 Å². The van der Waals surface area contributed by atoms with E-state index < -0.39 is 11.2 Å². The van der Waals surface area contributed by atoms with E-state index in [1.54, 1.807) is 4.57 Å². The van der Waals surface area contributed by atoms with Crippen molar-refractivity contribution in [2.45, 2.75) is 13.5 Å². The molecular formula is C11H9ClNO3. The quantitative estimate of drug-likeness (QED) is 0.746. The Hall–Kier alpha value is -1.68. The zero-order chi connectivity index (χ0) is 11.9. The molecule has 1 heterocycles. The van der Waals surface area contributed by atoms with E-state index in [1.165, 1.54) is 12.3 Å². The molecule has 0 aliphatic rings. The van der Waals surface area contributed by atoms with Crippen molar-refractivity contribution in [1.29, 1.82) is 0 Å². The Morgan fingerprint density at radius 2 is 2.19 bits per heavy atom. The van der Waals surface area contributed by atoms with E-state index in [2.05, 4.69) is 6.07 Å². The Kier molecular flexibility index (Phi) is 2.52. The molecule has 2 N–H and O–H groups in total. The van der Waals surface area contributed by atoms with Gasteiger partial charge < -0.3 is 14.8 Å². The third-order valence-electron chi connectivity index (χ3n) is 2.43. The topological polar surface area (TPSA) is 62.5 Å². The van der Waals surface area contributed by atoms with E-state index in [1.807, 2.05) is 6.92 Å². The van der Waals surface area contributed by atoms with Crippen molar-refractivity contribution < 1.29 is 10.2 Å². The molecule has 0 saturated heterocycles. The molecule has 1 aromatic heterocycles. The van der Waals surface area contributed by atoms with Crippen molar-refractivity contribution in [3.63, 3.8) is 0 Å². The molecule has 0 atom stereocenters. The molecule has 1 radical (unpaired) electrons. The summed E-state index contributed by atoms with van der Waals surface area (Å²) < 4.78 is 1.71. The fourth-order valence-corrected chi connectivity index (χ4v) is 1.88. The van der Waals surface area contributed by atoms with Gasteiger partial charge in [0.1, 0.15) is 0 Å². The van der Waals surface area contributed by atoms with E-state index in [9.17, 15) is 15.0 Å². The summed E-state index contributed by atoms with van der Waals surface area (Å²) in [6.45, 7) is 2.49. The molecule has 0 amide bonds. The first kappa shape index (κ1) is 10.8. The summed E-state index contributed by atoms with van der Waals surface area (Å²) in [7, 11) is 0. The van der Waals surface area contributed by atoms with E-state index >= 15 is 0 Å². The van der Waals surface area contributed by atoms with Gasteiger partial charge in [-0.1, -0.05) is 11.6 Å². The van der Waals surface area contributed by atoms with Crippen LogP contribution in [0.5, 0.6) is 11.5 Å². The van der Waals surface area contributed by atoms with E-state index in [-0.39, 0.29) is 16.2 Å². The van der Waals surface area contributed by atoms with Gasteiger partial charge in [-0.2, -0.15) is 0 Å². The molecular weight excluding hydrogens is 230 g/mol. The van der Waals surface area contributed by atoms with Gasteiger partial charge in [-0.05, 0) is 6.92 Å². The maximum atomic E-state index is 11.6. The van der Waals surface area contributed by atoms with Crippen LogP contribution in [0.3, 0.4) is 0 Å². The highest BCUT2D eigenvalue weighted by Gasteiger charge is 2.14. The SMILES string of the molecule is CCn1c[c]c(=O)c2c(Cl)c(O)c(O)cc21. The average Bonchev–Trinajstić information content (AvgIpc) is 2.26. The molecule has 2 rings (SSSR count). The van der Waals surface area contributed by atoms with Crippen LogP contribution in [0.15, 0.2) is 17.1 Å². The highest BCUT2D eigenvalue weighted by molar-refractivity contribution is 6.37. The maximum absolute atomic E-state index is 11.6. The molecule has 2 aromatic rings. The molecule has 1 aromatic carbocycles. The molecule has 0 fully saturated rings. The number of nitrogens with zero attached hydrogens (tertiary/aromatic N) is 1. The Morgan fingerprint density at radius 3 is 2.81 bits per heavy atom. The molecule has 16 heavy (non-hydrogen) atoms. The summed E-state index contributed by atoms with van der Waals surface area (Å²) in [6, 6.07) is 3.83. The Bertz CT molecular complexity index is 619. The number of aromatic nitrogens is 1. The number of rotatable bonds is 1. The smallest absolute Gasteiger partial charge is 0.199 e. The van der Waals surface area contributed by atoms with Gasteiger partial charge in [0.2, 0.25) is 0 Å². The zero-order valence-corrected chi connectivity index (χ0v) is 9.25. The molecule has 5 heteroatoms. The number of hydrogen-bond acceptors (Lipinski definition) is 3.